The molecule has 0 aliphatic carbocycles. The van der Waals surface area contributed by atoms with Crippen molar-refractivity contribution in [2.24, 2.45) is 0 Å². The van der Waals surface area contributed by atoms with Crippen LogP contribution >= 0.6 is 11.3 Å². The topological polar surface area (TPSA) is 56.3 Å². The SMILES string of the molecule is Cc1ccsc1[C@@H]1CCN(C(=O)c2ccc[nH]2)C[C@H]1O. The van der Waals surface area contributed by atoms with Gasteiger partial charge in [-0.2, -0.15) is 0 Å². The number of β-amino-alcohol motifs (C(OH)–C–C–N with tert-alkyl or cyclic N) is 1. The Hall–Kier alpha value is -1.59. The summed E-state index contributed by atoms with van der Waals surface area (Å²) >= 11 is 1.70. The standard InChI is InChI=1S/C15H18N2O2S/c1-10-5-8-20-14(10)11-4-7-17(9-13(11)18)15(19)12-3-2-6-16-12/h2-3,5-6,8,11,13,16,18H,4,7,9H2,1H3/t11-,13-/m1/s1. The van der Waals surface area contributed by atoms with E-state index in [0.29, 0.717) is 18.8 Å². The largest absolute Gasteiger partial charge is 0.391 e. The second-order valence-electron chi connectivity index (χ2n) is 5.27. The molecule has 4 nitrogen and oxygen atoms in total. The molecule has 1 fully saturated rings. The summed E-state index contributed by atoms with van der Waals surface area (Å²) in [5, 5.41) is 12.4. The number of thiophene rings is 1. The van der Waals surface area contributed by atoms with Crippen LogP contribution in [0.25, 0.3) is 0 Å². The van der Waals surface area contributed by atoms with Crippen LogP contribution in [0.4, 0.5) is 0 Å². The average molecular weight is 290 g/mol. The van der Waals surface area contributed by atoms with Gasteiger partial charge in [0.2, 0.25) is 0 Å². The second kappa shape index (κ2) is 5.42. The summed E-state index contributed by atoms with van der Waals surface area (Å²) in [5.74, 6) is 0.123. The molecule has 0 unspecified atom stereocenters. The molecule has 3 rings (SSSR count). The van der Waals surface area contributed by atoms with Gasteiger partial charge in [-0.05, 0) is 42.5 Å². The first-order valence-corrected chi connectivity index (χ1v) is 7.69. The summed E-state index contributed by atoms with van der Waals surface area (Å²) in [4.78, 5) is 18.2. The van der Waals surface area contributed by atoms with Gasteiger partial charge >= 0.3 is 0 Å². The van der Waals surface area contributed by atoms with Crippen molar-refractivity contribution in [1.29, 1.82) is 0 Å². The van der Waals surface area contributed by atoms with Crippen molar-refractivity contribution in [3.63, 3.8) is 0 Å². The lowest BCUT2D eigenvalue weighted by Gasteiger charge is -2.35. The summed E-state index contributed by atoms with van der Waals surface area (Å²) in [7, 11) is 0. The molecule has 2 aromatic rings. The third-order valence-electron chi connectivity index (χ3n) is 3.94. The van der Waals surface area contributed by atoms with Gasteiger partial charge in [0, 0.05) is 30.1 Å². The van der Waals surface area contributed by atoms with Crippen LogP contribution in [-0.4, -0.2) is 40.1 Å². The maximum atomic E-state index is 12.3. The van der Waals surface area contributed by atoms with Gasteiger partial charge in [0.15, 0.2) is 0 Å². The predicted molar refractivity (Wildman–Crippen MR) is 79.1 cm³/mol. The van der Waals surface area contributed by atoms with Crippen LogP contribution in [-0.2, 0) is 0 Å². The van der Waals surface area contributed by atoms with E-state index in [1.54, 1.807) is 28.5 Å². The third-order valence-corrected chi connectivity index (χ3v) is 5.09. The minimum absolute atomic E-state index is 0.0320. The number of H-pyrrole nitrogens is 1. The van der Waals surface area contributed by atoms with Gasteiger partial charge in [0.25, 0.3) is 5.91 Å². The first-order chi connectivity index (χ1) is 9.66. The van der Waals surface area contributed by atoms with Crippen molar-refractivity contribution in [3.05, 3.63) is 45.9 Å². The maximum absolute atomic E-state index is 12.3. The summed E-state index contributed by atoms with van der Waals surface area (Å²) in [5.41, 5.74) is 1.83. The van der Waals surface area contributed by atoms with Crippen molar-refractivity contribution >= 4 is 17.2 Å². The van der Waals surface area contributed by atoms with Crippen LogP contribution in [0, 0.1) is 6.92 Å². The number of aliphatic hydroxyl groups excluding tert-OH is 1. The molecule has 1 amide bonds. The zero-order valence-corrected chi connectivity index (χ0v) is 12.2. The number of likely N-dealkylation sites (tertiary alicyclic amines) is 1. The second-order valence-corrected chi connectivity index (χ2v) is 6.21. The highest BCUT2D eigenvalue weighted by molar-refractivity contribution is 7.10. The fourth-order valence-electron chi connectivity index (χ4n) is 2.82. The smallest absolute Gasteiger partial charge is 0.270 e. The maximum Gasteiger partial charge on any atom is 0.270 e. The van der Waals surface area contributed by atoms with Crippen molar-refractivity contribution in [2.75, 3.05) is 13.1 Å². The molecule has 0 spiro atoms. The van der Waals surface area contributed by atoms with Crippen LogP contribution in [0.1, 0.15) is 33.3 Å². The zero-order chi connectivity index (χ0) is 14.1. The Balaban J connectivity index is 1.71. The lowest BCUT2D eigenvalue weighted by Crippen LogP contribution is -2.45. The molecular formula is C15H18N2O2S. The summed E-state index contributed by atoms with van der Waals surface area (Å²) in [6.07, 6.45) is 2.07. The molecule has 106 valence electrons. The molecule has 5 heteroatoms. The van der Waals surface area contributed by atoms with E-state index < -0.39 is 6.10 Å². The first-order valence-electron chi connectivity index (χ1n) is 6.81. The van der Waals surface area contributed by atoms with Gasteiger partial charge in [0.05, 0.1) is 6.10 Å². The van der Waals surface area contributed by atoms with Gasteiger partial charge in [-0.15, -0.1) is 11.3 Å². The summed E-state index contributed by atoms with van der Waals surface area (Å²) < 4.78 is 0. The number of piperidine rings is 1. The lowest BCUT2D eigenvalue weighted by molar-refractivity contribution is 0.0383. The molecule has 2 atom stereocenters. The number of amides is 1. The van der Waals surface area contributed by atoms with E-state index in [0.717, 1.165) is 6.42 Å². The molecule has 2 N–H and O–H groups in total. The number of hydrogen-bond acceptors (Lipinski definition) is 3. The summed E-state index contributed by atoms with van der Waals surface area (Å²) in [6.45, 7) is 3.17. The minimum Gasteiger partial charge on any atom is -0.391 e. The number of rotatable bonds is 2. The van der Waals surface area contributed by atoms with E-state index in [1.807, 2.05) is 6.07 Å². The number of aromatic amines is 1. The molecule has 1 aliphatic rings. The van der Waals surface area contributed by atoms with Crippen molar-refractivity contribution in [3.8, 4) is 0 Å². The van der Waals surface area contributed by atoms with Crippen LogP contribution in [0.3, 0.4) is 0 Å². The quantitative estimate of drug-likeness (QED) is 0.892. The fourth-order valence-corrected chi connectivity index (χ4v) is 3.94. The highest BCUT2D eigenvalue weighted by atomic mass is 32.1. The predicted octanol–water partition coefficient (Wildman–Crippen LogP) is 2.38. The van der Waals surface area contributed by atoms with Gasteiger partial charge < -0.3 is 15.0 Å². The Labute approximate surface area is 122 Å². The number of aryl methyl sites for hydroxylation is 1. The van der Waals surface area contributed by atoms with Crippen LogP contribution in [0.5, 0.6) is 0 Å². The van der Waals surface area contributed by atoms with E-state index in [2.05, 4.69) is 23.4 Å². The molecular weight excluding hydrogens is 272 g/mol. The molecule has 1 aliphatic heterocycles. The number of aliphatic hydroxyl groups is 1. The van der Waals surface area contributed by atoms with Gasteiger partial charge in [0.1, 0.15) is 5.69 Å². The molecule has 0 bridgehead atoms. The Bertz CT molecular complexity index is 591. The van der Waals surface area contributed by atoms with E-state index in [4.69, 9.17) is 0 Å². The molecule has 1 saturated heterocycles. The Morgan fingerprint density at radius 3 is 2.95 bits per heavy atom. The van der Waals surface area contributed by atoms with Crippen molar-refractivity contribution in [2.45, 2.75) is 25.4 Å². The zero-order valence-electron chi connectivity index (χ0n) is 11.4. The number of hydrogen-bond donors (Lipinski definition) is 2. The van der Waals surface area contributed by atoms with Crippen molar-refractivity contribution < 1.29 is 9.90 Å². The monoisotopic (exact) mass is 290 g/mol. The van der Waals surface area contributed by atoms with Gasteiger partial charge in [-0.1, -0.05) is 0 Å². The Morgan fingerprint density at radius 1 is 1.50 bits per heavy atom. The van der Waals surface area contributed by atoms with Crippen LogP contribution in [0.15, 0.2) is 29.8 Å². The molecule has 0 saturated carbocycles. The normalized spacial score (nSPS) is 23.0. The first kappa shape index (κ1) is 13.4. The van der Waals surface area contributed by atoms with Crippen molar-refractivity contribution in [1.82, 2.24) is 9.88 Å². The number of aromatic nitrogens is 1. The fraction of sp³-hybridized carbons (Fsp3) is 0.400. The summed E-state index contributed by atoms with van der Waals surface area (Å²) in [6, 6.07) is 5.67. The number of carbonyl (C=O) groups is 1. The van der Waals surface area contributed by atoms with E-state index >= 15 is 0 Å². The van der Waals surface area contributed by atoms with Gasteiger partial charge in [-0.3, -0.25) is 4.79 Å². The lowest BCUT2D eigenvalue weighted by atomic mass is 9.90. The number of nitrogens with zero attached hydrogens (tertiary/aromatic N) is 1. The van der Waals surface area contributed by atoms with Crippen LogP contribution < -0.4 is 0 Å². The molecule has 0 aromatic carbocycles. The minimum atomic E-state index is -0.486. The number of carbonyl (C=O) groups excluding carboxylic acids is 1. The highest BCUT2D eigenvalue weighted by Gasteiger charge is 2.32. The van der Waals surface area contributed by atoms with Gasteiger partial charge in [-0.25, -0.2) is 0 Å². The van der Waals surface area contributed by atoms with E-state index in [9.17, 15) is 9.90 Å². The molecule has 0 radical (unpaired) electrons. The third kappa shape index (κ3) is 2.39. The average Bonchev–Trinajstić information content (AvgIpc) is 3.09. The molecule has 20 heavy (non-hydrogen) atoms. The Kier molecular flexibility index (Phi) is 3.63. The number of nitrogens with one attached hydrogen (secondary N) is 1. The van der Waals surface area contributed by atoms with E-state index in [1.165, 1.54) is 10.4 Å². The Morgan fingerprint density at radius 2 is 2.35 bits per heavy atom. The molecule has 3 heterocycles. The van der Waals surface area contributed by atoms with E-state index in [-0.39, 0.29) is 11.8 Å². The van der Waals surface area contributed by atoms with Crippen LogP contribution in [0.2, 0.25) is 0 Å². The highest BCUT2D eigenvalue weighted by Crippen LogP contribution is 2.34. The molecule has 2 aromatic heterocycles.